The number of carbonyl (C=O) groups excluding carboxylic acids is 2. The highest BCUT2D eigenvalue weighted by atomic mass is 19.4. The van der Waals surface area contributed by atoms with Crippen LogP contribution >= 0.6 is 0 Å². The van der Waals surface area contributed by atoms with Crippen molar-refractivity contribution in [1.29, 1.82) is 0 Å². The molecule has 1 aromatic rings. The standard InChI is InChI=1S/C11H10F3NO4/c1-6-7(10(17)19-5-9(16)18-2)3-4-8(15-6)11(12,13)14/h3-4H,5H2,1-2H3. The Labute approximate surface area is 106 Å². The summed E-state index contributed by atoms with van der Waals surface area (Å²) in [6.07, 6.45) is -4.58. The van der Waals surface area contributed by atoms with Gasteiger partial charge in [-0.05, 0) is 19.1 Å². The number of halogens is 3. The number of aromatic nitrogens is 1. The van der Waals surface area contributed by atoms with Crippen LogP contribution in [0.25, 0.3) is 0 Å². The van der Waals surface area contributed by atoms with Crippen LogP contribution in [0.2, 0.25) is 0 Å². The van der Waals surface area contributed by atoms with Crippen LogP contribution in [0.1, 0.15) is 21.7 Å². The number of hydrogen-bond acceptors (Lipinski definition) is 5. The van der Waals surface area contributed by atoms with Crippen LogP contribution < -0.4 is 0 Å². The highest BCUT2D eigenvalue weighted by molar-refractivity contribution is 5.91. The Hall–Kier alpha value is -2.12. The van der Waals surface area contributed by atoms with Crippen LogP contribution in [-0.4, -0.2) is 30.6 Å². The molecule has 19 heavy (non-hydrogen) atoms. The number of nitrogens with zero attached hydrogens (tertiary/aromatic N) is 1. The van der Waals surface area contributed by atoms with Crippen molar-refractivity contribution in [2.24, 2.45) is 0 Å². The lowest BCUT2D eigenvalue weighted by Gasteiger charge is -2.09. The highest BCUT2D eigenvalue weighted by Gasteiger charge is 2.33. The van der Waals surface area contributed by atoms with E-state index in [0.29, 0.717) is 6.07 Å². The van der Waals surface area contributed by atoms with Crippen LogP contribution in [0.3, 0.4) is 0 Å². The molecule has 0 atom stereocenters. The summed E-state index contributed by atoms with van der Waals surface area (Å²) in [7, 11) is 1.11. The second kappa shape index (κ2) is 5.68. The van der Waals surface area contributed by atoms with E-state index in [9.17, 15) is 22.8 Å². The molecule has 1 aromatic heterocycles. The first-order chi connectivity index (χ1) is 8.75. The van der Waals surface area contributed by atoms with E-state index in [-0.39, 0.29) is 11.3 Å². The molecule has 8 heteroatoms. The largest absolute Gasteiger partial charge is 0.466 e. The minimum atomic E-state index is -4.58. The third-order valence-corrected chi connectivity index (χ3v) is 2.14. The van der Waals surface area contributed by atoms with Crippen molar-refractivity contribution >= 4 is 11.9 Å². The number of esters is 2. The van der Waals surface area contributed by atoms with Crippen LogP contribution in [-0.2, 0) is 20.4 Å². The molecule has 0 aliphatic heterocycles. The SMILES string of the molecule is COC(=O)COC(=O)c1ccc(C(F)(F)F)nc1C. The van der Waals surface area contributed by atoms with E-state index in [2.05, 4.69) is 14.5 Å². The van der Waals surface area contributed by atoms with Gasteiger partial charge >= 0.3 is 18.1 Å². The maximum atomic E-state index is 12.4. The lowest BCUT2D eigenvalue weighted by atomic mass is 10.2. The maximum absolute atomic E-state index is 12.4. The highest BCUT2D eigenvalue weighted by Crippen LogP contribution is 2.28. The molecule has 1 heterocycles. The topological polar surface area (TPSA) is 65.5 Å². The first kappa shape index (κ1) is 14.9. The average Bonchev–Trinajstić information content (AvgIpc) is 2.34. The lowest BCUT2D eigenvalue weighted by Crippen LogP contribution is -2.17. The fourth-order valence-corrected chi connectivity index (χ4v) is 1.20. The van der Waals surface area contributed by atoms with Gasteiger partial charge in [0.25, 0.3) is 0 Å². The molecule has 0 N–H and O–H groups in total. The molecule has 0 aromatic carbocycles. The molecule has 0 aliphatic rings. The van der Waals surface area contributed by atoms with Gasteiger partial charge < -0.3 is 9.47 Å². The monoisotopic (exact) mass is 277 g/mol. The van der Waals surface area contributed by atoms with Crippen molar-refractivity contribution in [1.82, 2.24) is 4.98 Å². The zero-order valence-corrected chi connectivity index (χ0v) is 10.1. The zero-order chi connectivity index (χ0) is 14.6. The Kier molecular flexibility index (Phi) is 4.47. The second-order valence-electron chi connectivity index (χ2n) is 3.48. The van der Waals surface area contributed by atoms with Gasteiger partial charge in [0.05, 0.1) is 18.4 Å². The number of methoxy groups -OCH3 is 1. The molecule has 5 nitrogen and oxygen atoms in total. The molecule has 0 saturated carbocycles. The van der Waals surface area contributed by atoms with Gasteiger partial charge in [0.2, 0.25) is 0 Å². The summed E-state index contributed by atoms with van der Waals surface area (Å²) < 4.78 is 45.9. The number of hydrogen-bond donors (Lipinski definition) is 0. The van der Waals surface area contributed by atoms with Gasteiger partial charge in [-0.25, -0.2) is 14.6 Å². The Morgan fingerprint density at radius 3 is 2.42 bits per heavy atom. The Morgan fingerprint density at radius 1 is 1.32 bits per heavy atom. The van der Waals surface area contributed by atoms with Crippen molar-refractivity contribution in [2.75, 3.05) is 13.7 Å². The molecular formula is C11H10F3NO4. The summed E-state index contributed by atoms with van der Waals surface area (Å²) in [6, 6.07) is 1.62. The molecule has 0 aliphatic carbocycles. The third-order valence-electron chi connectivity index (χ3n) is 2.14. The summed E-state index contributed by atoms with van der Waals surface area (Å²) in [5.74, 6) is -1.71. The molecule has 0 radical (unpaired) electrons. The zero-order valence-electron chi connectivity index (χ0n) is 10.1. The first-order valence-corrected chi connectivity index (χ1v) is 5.04. The summed E-state index contributed by atoms with van der Waals surface area (Å²) in [6.45, 7) is 0.625. The Balaban J connectivity index is 2.85. The molecule has 0 spiro atoms. The summed E-state index contributed by atoms with van der Waals surface area (Å²) in [5, 5.41) is 0. The molecule has 0 saturated heterocycles. The number of aryl methyl sites for hydroxylation is 1. The van der Waals surface area contributed by atoms with E-state index in [4.69, 9.17) is 0 Å². The quantitative estimate of drug-likeness (QED) is 0.787. The Morgan fingerprint density at radius 2 is 1.95 bits per heavy atom. The Bertz CT molecular complexity index is 499. The van der Waals surface area contributed by atoms with E-state index >= 15 is 0 Å². The number of alkyl halides is 3. The number of carbonyl (C=O) groups is 2. The predicted octanol–water partition coefficient (Wildman–Crippen LogP) is 1.74. The fraction of sp³-hybridized carbons (Fsp3) is 0.364. The van der Waals surface area contributed by atoms with Gasteiger partial charge in [0.15, 0.2) is 6.61 Å². The normalized spacial score (nSPS) is 11.0. The minimum absolute atomic E-state index is 0.135. The van der Waals surface area contributed by atoms with Crippen molar-refractivity contribution in [3.63, 3.8) is 0 Å². The van der Waals surface area contributed by atoms with Crippen molar-refractivity contribution < 1.29 is 32.2 Å². The summed E-state index contributed by atoms with van der Waals surface area (Å²) >= 11 is 0. The molecule has 0 bridgehead atoms. The smallest absolute Gasteiger partial charge is 0.433 e. The van der Waals surface area contributed by atoms with E-state index in [1.807, 2.05) is 0 Å². The average molecular weight is 277 g/mol. The molecule has 0 fully saturated rings. The molecule has 0 unspecified atom stereocenters. The molecule has 1 rings (SSSR count). The first-order valence-electron chi connectivity index (χ1n) is 5.04. The lowest BCUT2D eigenvalue weighted by molar-refractivity contribution is -0.144. The van der Waals surface area contributed by atoms with Gasteiger partial charge in [-0.1, -0.05) is 0 Å². The van der Waals surface area contributed by atoms with Gasteiger partial charge in [-0.2, -0.15) is 13.2 Å². The minimum Gasteiger partial charge on any atom is -0.466 e. The van der Waals surface area contributed by atoms with Crippen molar-refractivity contribution in [2.45, 2.75) is 13.1 Å². The predicted molar refractivity (Wildman–Crippen MR) is 56.3 cm³/mol. The van der Waals surface area contributed by atoms with E-state index in [0.717, 1.165) is 13.2 Å². The van der Waals surface area contributed by atoms with Crippen LogP contribution in [0, 0.1) is 6.92 Å². The van der Waals surface area contributed by atoms with Gasteiger partial charge in [-0.15, -0.1) is 0 Å². The van der Waals surface area contributed by atoms with Gasteiger partial charge in [0, 0.05) is 0 Å². The van der Waals surface area contributed by atoms with E-state index in [1.165, 1.54) is 6.92 Å². The number of ether oxygens (including phenoxy) is 2. The van der Waals surface area contributed by atoms with Crippen LogP contribution in [0.5, 0.6) is 0 Å². The van der Waals surface area contributed by atoms with Crippen molar-refractivity contribution in [3.05, 3.63) is 29.1 Å². The summed E-state index contributed by atoms with van der Waals surface area (Å²) in [5.41, 5.74) is -1.38. The van der Waals surface area contributed by atoms with Crippen LogP contribution in [0.15, 0.2) is 12.1 Å². The maximum Gasteiger partial charge on any atom is 0.433 e. The molecular weight excluding hydrogens is 267 g/mol. The number of rotatable bonds is 3. The second-order valence-corrected chi connectivity index (χ2v) is 3.48. The molecule has 104 valence electrons. The fourth-order valence-electron chi connectivity index (χ4n) is 1.20. The third kappa shape index (κ3) is 3.94. The summed E-state index contributed by atoms with van der Waals surface area (Å²) in [4.78, 5) is 25.5. The van der Waals surface area contributed by atoms with Gasteiger partial charge in [0.1, 0.15) is 5.69 Å². The molecule has 0 amide bonds. The van der Waals surface area contributed by atoms with E-state index in [1.54, 1.807) is 0 Å². The van der Waals surface area contributed by atoms with Gasteiger partial charge in [-0.3, -0.25) is 0 Å². The van der Waals surface area contributed by atoms with Crippen LogP contribution in [0.4, 0.5) is 13.2 Å². The van der Waals surface area contributed by atoms with E-state index < -0.39 is 30.4 Å². The van der Waals surface area contributed by atoms with Crippen molar-refractivity contribution in [3.8, 4) is 0 Å². The number of pyridine rings is 1.